The zero-order valence-electron chi connectivity index (χ0n) is 13.2. The largest absolute Gasteiger partial charge is 0.310 e. The van der Waals surface area contributed by atoms with E-state index in [1.165, 1.54) is 17.5 Å². The minimum absolute atomic E-state index is 0.109. The molecular weight excluding hydrogens is 267 g/mol. The van der Waals surface area contributed by atoms with Gasteiger partial charge in [0, 0.05) is 25.0 Å². The number of nitrogens with zero attached hydrogens (tertiary/aromatic N) is 3. The maximum atomic E-state index is 13.4. The molecule has 5 heteroatoms. The molecule has 2 aromatic rings. The molecule has 0 saturated carbocycles. The van der Waals surface area contributed by atoms with E-state index in [1.807, 2.05) is 18.7 Å². The van der Waals surface area contributed by atoms with Crippen molar-refractivity contribution in [3.63, 3.8) is 0 Å². The van der Waals surface area contributed by atoms with E-state index in [2.05, 4.69) is 29.2 Å². The molecule has 2 heterocycles. The van der Waals surface area contributed by atoms with E-state index < -0.39 is 0 Å². The molecule has 0 aliphatic heterocycles. The van der Waals surface area contributed by atoms with E-state index in [0.717, 1.165) is 30.6 Å². The Kier molecular flexibility index (Phi) is 5.07. The fourth-order valence-corrected chi connectivity index (χ4v) is 2.72. The third-order valence-electron chi connectivity index (χ3n) is 3.92. The topological polar surface area (TPSA) is 42.7 Å². The molecule has 0 amide bonds. The number of rotatable bonds is 6. The first kappa shape index (κ1) is 15.6. The summed E-state index contributed by atoms with van der Waals surface area (Å²) in [6, 6.07) is 1.67. The first-order chi connectivity index (χ1) is 10.0. The van der Waals surface area contributed by atoms with Crippen LogP contribution >= 0.6 is 0 Å². The van der Waals surface area contributed by atoms with E-state index in [0.29, 0.717) is 0 Å². The molecule has 1 N–H and O–H groups in total. The highest BCUT2D eigenvalue weighted by Gasteiger charge is 2.15. The van der Waals surface area contributed by atoms with E-state index in [9.17, 15) is 4.39 Å². The third kappa shape index (κ3) is 3.67. The molecule has 114 valence electrons. The highest BCUT2D eigenvalue weighted by molar-refractivity contribution is 5.25. The monoisotopic (exact) mass is 290 g/mol. The van der Waals surface area contributed by atoms with Crippen LogP contribution in [0.2, 0.25) is 0 Å². The van der Waals surface area contributed by atoms with Gasteiger partial charge in [0.25, 0.3) is 0 Å². The lowest BCUT2D eigenvalue weighted by atomic mass is 9.99. The lowest BCUT2D eigenvalue weighted by Gasteiger charge is -2.18. The molecule has 1 unspecified atom stereocenters. The van der Waals surface area contributed by atoms with Gasteiger partial charge in [0.05, 0.1) is 11.9 Å². The van der Waals surface area contributed by atoms with Gasteiger partial charge >= 0.3 is 0 Å². The summed E-state index contributed by atoms with van der Waals surface area (Å²) in [4.78, 5) is 3.95. The summed E-state index contributed by atoms with van der Waals surface area (Å²) in [5, 5.41) is 7.85. The highest BCUT2D eigenvalue weighted by atomic mass is 19.1. The molecular formula is C16H23FN4. The van der Waals surface area contributed by atoms with E-state index in [1.54, 1.807) is 12.3 Å². The predicted octanol–water partition coefficient (Wildman–Crippen LogP) is 2.85. The average molecular weight is 290 g/mol. The van der Waals surface area contributed by atoms with Gasteiger partial charge < -0.3 is 5.32 Å². The van der Waals surface area contributed by atoms with Crippen molar-refractivity contribution < 1.29 is 4.39 Å². The van der Waals surface area contributed by atoms with Gasteiger partial charge in [-0.1, -0.05) is 6.92 Å². The van der Waals surface area contributed by atoms with Gasteiger partial charge in [-0.3, -0.25) is 9.67 Å². The van der Waals surface area contributed by atoms with Gasteiger partial charge in [0.15, 0.2) is 0 Å². The summed E-state index contributed by atoms with van der Waals surface area (Å²) in [6.45, 7) is 7.02. The number of aromatic nitrogens is 3. The fraction of sp³-hybridized carbons (Fsp3) is 0.500. The van der Waals surface area contributed by atoms with Gasteiger partial charge in [-0.2, -0.15) is 5.10 Å². The Morgan fingerprint density at radius 1 is 1.33 bits per heavy atom. The molecule has 0 saturated heterocycles. The maximum Gasteiger partial charge on any atom is 0.141 e. The Balaban J connectivity index is 2.13. The molecule has 4 nitrogen and oxygen atoms in total. The molecule has 0 radical (unpaired) electrons. The smallest absolute Gasteiger partial charge is 0.141 e. The van der Waals surface area contributed by atoms with E-state index >= 15 is 0 Å². The molecule has 0 fully saturated rings. The van der Waals surface area contributed by atoms with Crippen LogP contribution in [0.4, 0.5) is 4.39 Å². The Morgan fingerprint density at radius 3 is 2.67 bits per heavy atom. The van der Waals surface area contributed by atoms with Crippen LogP contribution in [0.25, 0.3) is 0 Å². The lowest BCUT2D eigenvalue weighted by Crippen LogP contribution is -2.22. The van der Waals surface area contributed by atoms with Crippen LogP contribution in [0.15, 0.2) is 18.5 Å². The van der Waals surface area contributed by atoms with Crippen molar-refractivity contribution in [3.05, 3.63) is 46.8 Å². The van der Waals surface area contributed by atoms with Crippen molar-refractivity contribution in [2.24, 2.45) is 7.05 Å². The second kappa shape index (κ2) is 6.80. The van der Waals surface area contributed by atoms with Crippen LogP contribution in [0.5, 0.6) is 0 Å². The van der Waals surface area contributed by atoms with E-state index in [4.69, 9.17) is 0 Å². The Morgan fingerprint density at radius 2 is 2.10 bits per heavy atom. The van der Waals surface area contributed by atoms with Crippen LogP contribution < -0.4 is 5.32 Å². The number of hydrogen-bond donors (Lipinski definition) is 1. The minimum Gasteiger partial charge on any atom is -0.310 e. The second-order valence-electron chi connectivity index (χ2n) is 5.36. The van der Waals surface area contributed by atoms with Gasteiger partial charge in [-0.25, -0.2) is 4.39 Å². The van der Waals surface area contributed by atoms with Crippen molar-refractivity contribution in [2.45, 2.75) is 39.7 Å². The summed E-state index contributed by atoms with van der Waals surface area (Å²) >= 11 is 0. The Bertz CT molecular complexity index is 606. The van der Waals surface area contributed by atoms with Crippen LogP contribution in [-0.4, -0.2) is 21.3 Å². The summed E-state index contributed by atoms with van der Waals surface area (Å²) in [7, 11) is 1.96. The van der Waals surface area contributed by atoms with Crippen molar-refractivity contribution in [1.29, 1.82) is 0 Å². The quantitative estimate of drug-likeness (QED) is 0.889. The fourth-order valence-electron chi connectivity index (χ4n) is 2.72. The van der Waals surface area contributed by atoms with Crippen molar-refractivity contribution in [1.82, 2.24) is 20.1 Å². The van der Waals surface area contributed by atoms with Crippen molar-refractivity contribution in [3.8, 4) is 0 Å². The summed E-state index contributed by atoms with van der Waals surface area (Å²) < 4.78 is 15.3. The molecule has 0 spiro atoms. The molecule has 2 rings (SSSR count). The number of pyridine rings is 1. The minimum atomic E-state index is -0.288. The van der Waals surface area contributed by atoms with Crippen LogP contribution in [0.3, 0.4) is 0 Å². The molecule has 2 aromatic heterocycles. The first-order valence-corrected chi connectivity index (χ1v) is 7.35. The number of nitrogens with one attached hydrogen (secondary N) is 1. The standard InChI is InChI=1S/C16H23FN4/c1-5-19-16(13-8-14(17)10-18-9-13)7-6-15-11(2)20-21(4)12(15)3/h8-10,16,19H,5-7H2,1-4H3. The molecule has 0 aromatic carbocycles. The maximum absolute atomic E-state index is 13.4. The normalized spacial score (nSPS) is 12.6. The summed E-state index contributed by atoms with van der Waals surface area (Å²) in [5.74, 6) is -0.288. The summed E-state index contributed by atoms with van der Waals surface area (Å²) in [6.07, 6.45) is 4.79. The highest BCUT2D eigenvalue weighted by Crippen LogP contribution is 2.22. The first-order valence-electron chi connectivity index (χ1n) is 7.35. The second-order valence-corrected chi connectivity index (χ2v) is 5.36. The van der Waals surface area contributed by atoms with Gasteiger partial charge in [0.1, 0.15) is 5.82 Å². The number of halogens is 1. The predicted molar refractivity (Wildman–Crippen MR) is 81.6 cm³/mol. The van der Waals surface area contributed by atoms with Gasteiger partial charge in [-0.15, -0.1) is 0 Å². The van der Waals surface area contributed by atoms with Gasteiger partial charge in [0.2, 0.25) is 0 Å². The molecule has 21 heavy (non-hydrogen) atoms. The average Bonchev–Trinajstić information content (AvgIpc) is 2.69. The molecule has 0 aliphatic carbocycles. The van der Waals surface area contributed by atoms with Crippen molar-refractivity contribution >= 4 is 0 Å². The Labute approximate surface area is 125 Å². The molecule has 1 atom stereocenters. The zero-order chi connectivity index (χ0) is 15.4. The van der Waals surface area contributed by atoms with E-state index in [-0.39, 0.29) is 11.9 Å². The number of aryl methyl sites for hydroxylation is 2. The molecule has 0 aliphatic rings. The van der Waals surface area contributed by atoms with Crippen molar-refractivity contribution in [2.75, 3.05) is 6.54 Å². The Hall–Kier alpha value is -1.75. The third-order valence-corrected chi connectivity index (χ3v) is 3.92. The molecule has 0 bridgehead atoms. The van der Waals surface area contributed by atoms with Crippen LogP contribution in [0, 0.1) is 19.7 Å². The lowest BCUT2D eigenvalue weighted by molar-refractivity contribution is 0.507. The van der Waals surface area contributed by atoms with Gasteiger partial charge in [-0.05, 0) is 50.4 Å². The number of hydrogen-bond acceptors (Lipinski definition) is 3. The summed E-state index contributed by atoms with van der Waals surface area (Å²) in [5.41, 5.74) is 4.45. The SMILES string of the molecule is CCNC(CCc1c(C)nn(C)c1C)c1cncc(F)c1. The zero-order valence-corrected chi connectivity index (χ0v) is 13.2. The van der Waals surface area contributed by atoms with Crippen LogP contribution in [-0.2, 0) is 13.5 Å². The van der Waals surface area contributed by atoms with Crippen LogP contribution in [0.1, 0.15) is 41.9 Å².